The molecule has 1 aromatic carbocycles. The summed E-state index contributed by atoms with van der Waals surface area (Å²) < 4.78 is 18.5. The van der Waals surface area contributed by atoms with Gasteiger partial charge in [0.05, 0.1) is 11.7 Å². The molecule has 0 spiro atoms. The lowest BCUT2D eigenvalue weighted by molar-refractivity contribution is 0.0339. The van der Waals surface area contributed by atoms with E-state index in [1.807, 2.05) is 6.07 Å². The highest BCUT2D eigenvalue weighted by atomic mass is 19.1. The smallest absolute Gasteiger partial charge is 0.412 e. The molecule has 1 amide bonds. The van der Waals surface area contributed by atoms with Crippen LogP contribution in [-0.4, -0.2) is 22.5 Å². The van der Waals surface area contributed by atoms with Gasteiger partial charge in [-0.2, -0.15) is 9.18 Å². The molecule has 7 heteroatoms. The van der Waals surface area contributed by atoms with E-state index >= 15 is 0 Å². The van der Waals surface area contributed by atoms with Gasteiger partial charge in [0.1, 0.15) is 5.60 Å². The number of halogens is 1. The number of benzene rings is 1. The highest BCUT2D eigenvalue weighted by Gasteiger charge is 2.54. The van der Waals surface area contributed by atoms with Crippen LogP contribution in [0, 0.1) is 5.41 Å². The summed E-state index contributed by atoms with van der Waals surface area (Å²) >= 11 is 0. The average Bonchev–Trinajstić information content (AvgIpc) is 2.82. The van der Waals surface area contributed by atoms with Crippen molar-refractivity contribution in [1.82, 2.24) is 15.0 Å². The fourth-order valence-electron chi connectivity index (χ4n) is 2.50. The molecule has 2 heterocycles. The zero-order valence-corrected chi connectivity index (χ0v) is 13.6. The van der Waals surface area contributed by atoms with Crippen LogP contribution >= 0.6 is 0 Å². The summed E-state index contributed by atoms with van der Waals surface area (Å²) in [5.41, 5.74) is 2.99. The van der Waals surface area contributed by atoms with E-state index in [0.29, 0.717) is 5.69 Å². The van der Waals surface area contributed by atoms with Gasteiger partial charge < -0.3 is 4.74 Å². The van der Waals surface area contributed by atoms with Gasteiger partial charge in [-0.1, -0.05) is 6.07 Å². The van der Waals surface area contributed by atoms with E-state index < -0.39 is 27.9 Å². The summed E-state index contributed by atoms with van der Waals surface area (Å²) in [6.45, 7) is 5.15. The fraction of sp³-hybridized carbons (Fsp3) is 0.235. The average molecular weight is 329 g/mol. The van der Waals surface area contributed by atoms with Gasteiger partial charge in [0.15, 0.2) is 5.69 Å². The molecular weight excluding hydrogens is 311 g/mol. The van der Waals surface area contributed by atoms with Crippen molar-refractivity contribution in [2.24, 2.45) is 0 Å². The summed E-state index contributed by atoms with van der Waals surface area (Å²) in [6.07, 6.45) is 1.89. The number of amides is 1. The van der Waals surface area contributed by atoms with E-state index in [4.69, 9.17) is 10.1 Å². The van der Waals surface area contributed by atoms with Crippen molar-refractivity contribution in [2.45, 2.75) is 26.4 Å². The molecule has 24 heavy (non-hydrogen) atoms. The Bertz CT molecular complexity index is 872. The lowest BCUT2D eigenvalue weighted by Crippen LogP contribution is -2.63. The number of nitrogens with one attached hydrogen (secondary N) is 2. The van der Waals surface area contributed by atoms with Crippen molar-refractivity contribution < 1.29 is 13.9 Å². The maximum absolute atomic E-state index is 13.9. The Morgan fingerprint density at radius 2 is 2.08 bits per heavy atom. The second-order valence-corrected chi connectivity index (χ2v) is 6.50. The van der Waals surface area contributed by atoms with Crippen molar-refractivity contribution in [2.75, 3.05) is 0 Å². The van der Waals surface area contributed by atoms with Crippen LogP contribution in [0.4, 0.5) is 14.9 Å². The number of aromatic nitrogens is 1. The van der Waals surface area contributed by atoms with Crippen LogP contribution in [0.5, 0.6) is 0 Å². The van der Waals surface area contributed by atoms with Gasteiger partial charge in [-0.05, 0) is 37.5 Å². The standard InChI is InChI=1S/C17H18FN4O2/c1-17(2,3)24-16(23)22(15(19)13(18)10-21-22)12-6-7-14-11(9-12)5-4-8-20-14/h4-10,19,21H,1-3H3/q+1/t22-/m0/s1. The van der Waals surface area contributed by atoms with Crippen LogP contribution in [0.1, 0.15) is 20.8 Å². The van der Waals surface area contributed by atoms with E-state index in [2.05, 4.69) is 10.4 Å². The van der Waals surface area contributed by atoms with Gasteiger partial charge in [-0.15, -0.1) is 0 Å². The molecule has 0 bridgehead atoms. The van der Waals surface area contributed by atoms with Crippen LogP contribution < -0.4 is 10.0 Å². The zero-order chi connectivity index (χ0) is 17.5. The molecule has 6 nitrogen and oxygen atoms in total. The van der Waals surface area contributed by atoms with Crippen molar-refractivity contribution in [1.29, 1.82) is 5.41 Å². The minimum atomic E-state index is -0.867. The third kappa shape index (κ3) is 2.52. The molecule has 3 rings (SSSR count). The predicted octanol–water partition coefficient (Wildman–Crippen LogP) is 3.78. The molecule has 1 aliphatic rings. The third-order valence-corrected chi connectivity index (χ3v) is 3.59. The van der Waals surface area contributed by atoms with Crippen LogP contribution in [0.25, 0.3) is 10.9 Å². The van der Waals surface area contributed by atoms with Gasteiger partial charge >= 0.3 is 6.09 Å². The Morgan fingerprint density at radius 1 is 1.33 bits per heavy atom. The van der Waals surface area contributed by atoms with Crippen LogP contribution in [0.15, 0.2) is 48.6 Å². The number of hydrogen-bond donors (Lipinski definition) is 2. The number of rotatable bonds is 1. The largest absolute Gasteiger partial charge is 0.554 e. The first-order valence-electron chi connectivity index (χ1n) is 7.45. The number of nitrogens with zero attached hydrogens (tertiary/aromatic N) is 2. The summed E-state index contributed by atoms with van der Waals surface area (Å²) in [5, 5.41) is 8.87. The van der Waals surface area contributed by atoms with Crippen LogP contribution in [0.3, 0.4) is 0 Å². The van der Waals surface area contributed by atoms with Crippen molar-refractivity contribution >= 4 is 28.5 Å². The topological polar surface area (TPSA) is 75.1 Å². The van der Waals surface area contributed by atoms with Gasteiger partial charge in [-0.3, -0.25) is 4.98 Å². The molecule has 0 fully saturated rings. The Balaban J connectivity index is 2.14. The molecule has 0 unspecified atom stereocenters. The van der Waals surface area contributed by atoms with E-state index in [0.717, 1.165) is 17.1 Å². The molecular formula is C17H18FN4O2+. The molecule has 2 N–H and O–H groups in total. The van der Waals surface area contributed by atoms with E-state index in [1.54, 1.807) is 51.2 Å². The lowest BCUT2D eigenvalue weighted by atomic mass is 10.1. The monoisotopic (exact) mass is 329 g/mol. The molecule has 1 aliphatic heterocycles. The lowest BCUT2D eigenvalue weighted by Gasteiger charge is -2.30. The normalized spacial score (nSPS) is 20.7. The summed E-state index contributed by atoms with van der Waals surface area (Å²) in [7, 11) is 0. The van der Waals surface area contributed by atoms with E-state index in [-0.39, 0.29) is 0 Å². The third-order valence-electron chi connectivity index (χ3n) is 3.59. The molecule has 124 valence electrons. The number of ether oxygens (including phenoxy) is 1. The minimum absolute atomic E-state index is 0.374. The van der Waals surface area contributed by atoms with Crippen LogP contribution in [0.2, 0.25) is 0 Å². The second-order valence-electron chi connectivity index (χ2n) is 6.50. The summed E-state index contributed by atoms with van der Waals surface area (Å²) in [4.78, 5) is 17.0. The first-order valence-corrected chi connectivity index (χ1v) is 7.45. The quantitative estimate of drug-likeness (QED) is 0.781. The zero-order valence-electron chi connectivity index (χ0n) is 13.6. The molecule has 1 atom stereocenters. The summed E-state index contributed by atoms with van der Waals surface area (Å²) in [6, 6.07) is 8.65. The second kappa shape index (κ2) is 5.38. The van der Waals surface area contributed by atoms with Crippen molar-refractivity contribution in [3.8, 4) is 0 Å². The number of hydrogen-bond acceptors (Lipinski definition) is 5. The number of pyridine rings is 1. The SMILES string of the molecule is CC(C)(C)OC(=O)[N@@+]1(c2ccc3ncccc3c2)NC=C(F)C1=N. The van der Waals surface area contributed by atoms with Gasteiger partial charge in [0.25, 0.3) is 5.84 Å². The maximum atomic E-state index is 13.9. The van der Waals surface area contributed by atoms with E-state index in [1.165, 1.54) is 0 Å². The highest BCUT2D eigenvalue weighted by molar-refractivity contribution is 6.15. The van der Waals surface area contributed by atoms with Gasteiger partial charge in [0, 0.05) is 23.7 Å². The van der Waals surface area contributed by atoms with Gasteiger partial charge in [0.2, 0.25) is 5.83 Å². The summed E-state index contributed by atoms with van der Waals surface area (Å²) in [5.74, 6) is -1.33. The minimum Gasteiger partial charge on any atom is -0.412 e. The molecule has 0 radical (unpaired) electrons. The first kappa shape index (κ1) is 16.1. The number of carbonyl (C=O) groups excluding carboxylic acids is 1. The molecule has 0 saturated carbocycles. The first-order chi connectivity index (χ1) is 11.2. The number of carbonyl (C=O) groups is 1. The highest BCUT2D eigenvalue weighted by Crippen LogP contribution is 2.32. The maximum Gasteiger partial charge on any atom is 0.554 e. The molecule has 2 aromatic rings. The molecule has 0 aliphatic carbocycles. The molecule has 0 saturated heterocycles. The number of quaternary nitrogens is 1. The number of amidine groups is 1. The Morgan fingerprint density at radius 3 is 2.71 bits per heavy atom. The van der Waals surface area contributed by atoms with Crippen molar-refractivity contribution in [3.05, 3.63) is 48.6 Å². The van der Waals surface area contributed by atoms with Crippen molar-refractivity contribution in [3.63, 3.8) is 0 Å². The van der Waals surface area contributed by atoms with Gasteiger partial charge in [-0.25, -0.2) is 10.8 Å². The molecule has 1 aromatic heterocycles. The fourth-order valence-corrected chi connectivity index (χ4v) is 2.50. The Hall–Kier alpha value is -2.80. The van der Waals surface area contributed by atoms with E-state index in [9.17, 15) is 9.18 Å². The van der Waals surface area contributed by atoms with Crippen LogP contribution in [-0.2, 0) is 4.74 Å². The number of fused-ring (bicyclic) bond motifs is 1. The predicted molar refractivity (Wildman–Crippen MR) is 89.8 cm³/mol. The Labute approximate surface area is 138 Å². The Kier molecular flexibility index (Phi) is 3.60.